The van der Waals surface area contributed by atoms with E-state index in [-0.39, 0.29) is 10.7 Å². The summed E-state index contributed by atoms with van der Waals surface area (Å²) in [6, 6.07) is 7.83. The van der Waals surface area contributed by atoms with Crippen molar-refractivity contribution in [3.05, 3.63) is 29.8 Å². The molecule has 2 rings (SSSR count). The van der Waals surface area contributed by atoms with Gasteiger partial charge in [0.05, 0.1) is 0 Å². The monoisotopic (exact) mass is 268 g/mol. The molecule has 1 aliphatic heterocycles. The van der Waals surface area contributed by atoms with Crippen molar-refractivity contribution in [3.8, 4) is 0 Å². The average molecular weight is 269 g/mol. The first kappa shape index (κ1) is 10.6. The minimum absolute atomic E-state index is 0.172. The predicted octanol–water partition coefficient (Wildman–Crippen LogP) is 1.65. The fourth-order valence-corrected chi connectivity index (χ4v) is 2.33. The van der Waals surface area contributed by atoms with Crippen LogP contribution in [0.15, 0.2) is 24.3 Å². The van der Waals surface area contributed by atoms with E-state index in [0.717, 1.165) is 17.8 Å². The minimum Gasteiger partial charge on any atom is -0.326 e. The van der Waals surface area contributed by atoms with Crippen molar-refractivity contribution in [2.75, 3.05) is 11.4 Å². The summed E-state index contributed by atoms with van der Waals surface area (Å²) in [5.41, 5.74) is 7.57. The largest absolute Gasteiger partial charge is 0.326 e. The summed E-state index contributed by atoms with van der Waals surface area (Å²) < 4.78 is 0. The van der Waals surface area contributed by atoms with Gasteiger partial charge in [-0.05, 0) is 17.7 Å². The van der Waals surface area contributed by atoms with Gasteiger partial charge in [-0.1, -0.05) is 28.1 Å². The van der Waals surface area contributed by atoms with Crippen molar-refractivity contribution in [1.29, 1.82) is 0 Å². The quantitative estimate of drug-likeness (QED) is 0.830. The number of alkyl halides is 1. The summed E-state index contributed by atoms with van der Waals surface area (Å²) in [5, 5.41) is 0. The Balaban J connectivity index is 2.25. The van der Waals surface area contributed by atoms with Crippen LogP contribution in [-0.2, 0) is 11.3 Å². The van der Waals surface area contributed by atoms with Gasteiger partial charge in [-0.25, -0.2) is 0 Å². The van der Waals surface area contributed by atoms with E-state index in [1.807, 2.05) is 24.3 Å². The van der Waals surface area contributed by atoms with Crippen molar-refractivity contribution < 1.29 is 4.79 Å². The van der Waals surface area contributed by atoms with E-state index in [1.54, 1.807) is 4.90 Å². The third-order valence-electron chi connectivity index (χ3n) is 2.54. The molecular formula is C11H13BrN2O. The van der Waals surface area contributed by atoms with Gasteiger partial charge in [0.1, 0.15) is 0 Å². The second kappa shape index (κ2) is 4.33. The second-order valence-corrected chi connectivity index (χ2v) is 4.97. The lowest BCUT2D eigenvalue weighted by molar-refractivity contribution is -0.117. The Bertz CT molecular complexity index is 381. The van der Waals surface area contributed by atoms with E-state index < -0.39 is 0 Å². The van der Waals surface area contributed by atoms with Crippen LogP contribution in [0.3, 0.4) is 0 Å². The van der Waals surface area contributed by atoms with Gasteiger partial charge in [-0.15, -0.1) is 0 Å². The third kappa shape index (κ3) is 2.21. The highest BCUT2D eigenvalue weighted by Gasteiger charge is 2.28. The zero-order chi connectivity index (χ0) is 10.8. The number of rotatable bonds is 2. The van der Waals surface area contributed by atoms with E-state index in [9.17, 15) is 4.79 Å². The molecule has 0 aromatic heterocycles. The topological polar surface area (TPSA) is 46.3 Å². The average Bonchev–Trinajstić information content (AvgIpc) is 2.58. The van der Waals surface area contributed by atoms with Crippen molar-refractivity contribution >= 4 is 27.5 Å². The van der Waals surface area contributed by atoms with Gasteiger partial charge in [0.2, 0.25) is 5.91 Å². The summed E-state index contributed by atoms with van der Waals surface area (Å²) in [4.78, 5) is 13.7. The molecule has 1 atom stereocenters. The van der Waals surface area contributed by atoms with Crippen LogP contribution in [-0.4, -0.2) is 17.3 Å². The molecule has 15 heavy (non-hydrogen) atoms. The summed E-state index contributed by atoms with van der Waals surface area (Å²) >= 11 is 3.46. The Morgan fingerprint density at radius 1 is 1.53 bits per heavy atom. The van der Waals surface area contributed by atoms with Crippen molar-refractivity contribution in [2.45, 2.75) is 17.8 Å². The minimum atomic E-state index is 0.172. The fourth-order valence-electron chi connectivity index (χ4n) is 1.76. The number of nitrogens with zero attached hydrogens (tertiary/aromatic N) is 1. The maximum atomic E-state index is 11.6. The highest BCUT2D eigenvalue weighted by atomic mass is 79.9. The summed E-state index contributed by atoms with van der Waals surface area (Å²) in [6.45, 7) is 1.25. The number of amides is 1. The molecule has 0 aliphatic carbocycles. The molecular weight excluding hydrogens is 256 g/mol. The maximum Gasteiger partial charge on any atom is 0.228 e. The Morgan fingerprint density at radius 3 is 2.93 bits per heavy atom. The zero-order valence-electron chi connectivity index (χ0n) is 8.32. The molecule has 3 nitrogen and oxygen atoms in total. The molecule has 1 aliphatic rings. The molecule has 2 N–H and O–H groups in total. The van der Waals surface area contributed by atoms with Gasteiger partial charge in [0.15, 0.2) is 0 Å². The van der Waals surface area contributed by atoms with Gasteiger partial charge in [0.25, 0.3) is 0 Å². The molecule has 0 spiro atoms. The van der Waals surface area contributed by atoms with Crippen LogP contribution in [0.4, 0.5) is 5.69 Å². The lowest BCUT2D eigenvalue weighted by Gasteiger charge is -2.16. The zero-order valence-corrected chi connectivity index (χ0v) is 9.90. The van der Waals surface area contributed by atoms with Crippen molar-refractivity contribution in [1.82, 2.24) is 0 Å². The first-order valence-corrected chi connectivity index (χ1v) is 5.85. The van der Waals surface area contributed by atoms with E-state index in [1.165, 1.54) is 0 Å². The molecule has 1 amide bonds. The lowest BCUT2D eigenvalue weighted by Crippen LogP contribution is -2.24. The molecule has 1 aromatic carbocycles. The molecule has 0 bridgehead atoms. The van der Waals surface area contributed by atoms with Crippen LogP contribution in [0.2, 0.25) is 0 Å². The van der Waals surface area contributed by atoms with Crippen LogP contribution >= 0.6 is 15.9 Å². The van der Waals surface area contributed by atoms with Gasteiger partial charge < -0.3 is 10.6 Å². The number of benzene rings is 1. The van der Waals surface area contributed by atoms with Crippen LogP contribution in [0.1, 0.15) is 12.0 Å². The number of carbonyl (C=O) groups is 1. The number of halogens is 1. The van der Waals surface area contributed by atoms with E-state index in [0.29, 0.717) is 13.0 Å². The molecule has 1 saturated heterocycles. The van der Waals surface area contributed by atoms with E-state index in [4.69, 9.17) is 5.73 Å². The Labute approximate surface area is 97.4 Å². The highest BCUT2D eigenvalue weighted by molar-refractivity contribution is 9.09. The number of hydrogen-bond donors (Lipinski definition) is 1. The van der Waals surface area contributed by atoms with Crippen molar-refractivity contribution in [3.63, 3.8) is 0 Å². The molecule has 4 heteroatoms. The van der Waals surface area contributed by atoms with Gasteiger partial charge >= 0.3 is 0 Å². The number of anilines is 1. The molecule has 1 heterocycles. The molecule has 0 radical (unpaired) electrons. The highest BCUT2D eigenvalue weighted by Crippen LogP contribution is 2.25. The SMILES string of the molecule is NCc1cccc(N2CC(Br)CC2=O)c1. The van der Waals surface area contributed by atoms with E-state index >= 15 is 0 Å². The first-order valence-electron chi connectivity index (χ1n) is 4.94. The number of carbonyl (C=O) groups excluding carboxylic acids is 1. The summed E-state index contributed by atoms with van der Waals surface area (Å²) in [7, 11) is 0. The number of hydrogen-bond acceptors (Lipinski definition) is 2. The molecule has 1 fully saturated rings. The predicted molar refractivity (Wildman–Crippen MR) is 64.0 cm³/mol. The normalized spacial score (nSPS) is 21.1. The van der Waals surface area contributed by atoms with E-state index in [2.05, 4.69) is 15.9 Å². The fraction of sp³-hybridized carbons (Fsp3) is 0.364. The third-order valence-corrected chi connectivity index (χ3v) is 3.15. The van der Waals surface area contributed by atoms with Crippen LogP contribution in [0, 0.1) is 0 Å². The Hall–Kier alpha value is -0.870. The molecule has 80 valence electrons. The van der Waals surface area contributed by atoms with Crippen LogP contribution in [0.25, 0.3) is 0 Å². The summed E-state index contributed by atoms with van der Waals surface area (Å²) in [6.07, 6.45) is 0.576. The van der Waals surface area contributed by atoms with Gasteiger partial charge in [0, 0.05) is 30.0 Å². The maximum absolute atomic E-state index is 11.6. The second-order valence-electron chi connectivity index (χ2n) is 3.68. The number of nitrogens with two attached hydrogens (primary N) is 1. The van der Waals surface area contributed by atoms with Crippen LogP contribution in [0.5, 0.6) is 0 Å². The first-order chi connectivity index (χ1) is 7.20. The molecule has 0 saturated carbocycles. The molecule has 1 aromatic rings. The lowest BCUT2D eigenvalue weighted by atomic mass is 10.2. The van der Waals surface area contributed by atoms with Crippen molar-refractivity contribution in [2.24, 2.45) is 5.73 Å². The Kier molecular flexibility index (Phi) is 3.07. The smallest absolute Gasteiger partial charge is 0.228 e. The summed E-state index contributed by atoms with van der Waals surface area (Å²) in [5.74, 6) is 0.172. The van der Waals surface area contributed by atoms with Gasteiger partial charge in [-0.3, -0.25) is 4.79 Å². The standard InChI is InChI=1S/C11H13BrN2O/c12-9-5-11(15)14(7-9)10-3-1-2-8(4-10)6-13/h1-4,9H,5-7,13H2. The van der Waals surface area contributed by atoms with Gasteiger partial charge in [-0.2, -0.15) is 0 Å². The molecule has 1 unspecified atom stereocenters. The van der Waals surface area contributed by atoms with Crippen LogP contribution < -0.4 is 10.6 Å². The Morgan fingerprint density at radius 2 is 2.33 bits per heavy atom.